The molecule has 1 amide bonds. The van der Waals surface area contributed by atoms with Gasteiger partial charge in [0.2, 0.25) is 15.9 Å². The van der Waals surface area contributed by atoms with Crippen molar-refractivity contribution in [3.8, 4) is 0 Å². The molecule has 6 nitrogen and oxygen atoms in total. The summed E-state index contributed by atoms with van der Waals surface area (Å²) in [6.07, 6.45) is 3.37. The second-order valence-corrected chi connectivity index (χ2v) is 10.8. The summed E-state index contributed by atoms with van der Waals surface area (Å²) in [5.41, 5.74) is 2.66. The van der Waals surface area contributed by atoms with Crippen LogP contribution in [-0.2, 0) is 14.8 Å². The van der Waals surface area contributed by atoms with Gasteiger partial charge in [0.25, 0.3) is 0 Å². The lowest BCUT2D eigenvalue weighted by Crippen LogP contribution is -2.51. The molecule has 3 rings (SSSR count). The summed E-state index contributed by atoms with van der Waals surface area (Å²) < 4.78 is 28.1. The monoisotopic (exact) mass is 421 g/mol. The number of aryl methyl sites for hydroxylation is 3. The van der Waals surface area contributed by atoms with Gasteiger partial charge in [0.1, 0.15) is 0 Å². The Kier molecular flexibility index (Phi) is 6.70. The van der Waals surface area contributed by atoms with Crippen molar-refractivity contribution in [3.63, 3.8) is 0 Å². The standard InChI is InChI=1S/C22H35N3O3S/c1-16-13-17(2)21(18(3)14-16)29(27,28)25-11-8-19(9-12-25)22(26)24-10-6-7-20(15-24)23(4)5/h13-14,19-20H,6-12,15H2,1-5H3. The van der Waals surface area contributed by atoms with Crippen LogP contribution in [0.2, 0.25) is 0 Å². The Morgan fingerprint density at radius 3 is 2.14 bits per heavy atom. The average molecular weight is 422 g/mol. The molecule has 2 heterocycles. The minimum absolute atomic E-state index is 0.0671. The molecular formula is C22H35N3O3S. The number of amides is 1. The molecule has 2 aliphatic rings. The molecule has 0 bridgehead atoms. The van der Waals surface area contributed by atoms with Gasteiger partial charge in [0, 0.05) is 38.1 Å². The van der Waals surface area contributed by atoms with Gasteiger partial charge in [-0.1, -0.05) is 17.7 Å². The van der Waals surface area contributed by atoms with Crippen molar-refractivity contribution in [3.05, 3.63) is 28.8 Å². The lowest BCUT2D eigenvalue weighted by atomic mass is 9.94. The molecule has 1 aromatic carbocycles. The number of likely N-dealkylation sites (N-methyl/N-ethyl adjacent to an activating group) is 1. The number of hydrogen-bond acceptors (Lipinski definition) is 4. The first kappa shape index (κ1) is 22.2. The first-order valence-corrected chi connectivity index (χ1v) is 12.1. The molecule has 2 aliphatic heterocycles. The van der Waals surface area contributed by atoms with Gasteiger partial charge in [0.05, 0.1) is 4.90 Å². The van der Waals surface area contributed by atoms with E-state index in [9.17, 15) is 13.2 Å². The molecule has 162 valence electrons. The van der Waals surface area contributed by atoms with Gasteiger partial charge in [-0.2, -0.15) is 4.31 Å². The van der Waals surface area contributed by atoms with Crippen molar-refractivity contribution in [1.82, 2.24) is 14.1 Å². The van der Waals surface area contributed by atoms with Gasteiger partial charge in [0.15, 0.2) is 0 Å². The van der Waals surface area contributed by atoms with E-state index in [0.717, 1.165) is 42.6 Å². The molecule has 2 fully saturated rings. The number of hydrogen-bond donors (Lipinski definition) is 0. The highest BCUT2D eigenvalue weighted by atomic mass is 32.2. The number of nitrogens with zero attached hydrogens (tertiary/aromatic N) is 3. The molecule has 0 aliphatic carbocycles. The highest BCUT2D eigenvalue weighted by Crippen LogP contribution is 2.30. The zero-order chi connectivity index (χ0) is 21.3. The van der Waals surface area contributed by atoms with Crippen LogP contribution in [0.15, 0.2) is 17.0 Å². The van der Waals surface area contributed by atoms with E-state index in [1.807, 2.05) is 37.8 Å². The predicted molar refractivity (Wildman–Crippen MR) is 115 cm³/mol. The third-order valence-electron chi connectivity index (χ3n) is 6.44. The van der Waals surface area contributed by atoms with Gasteiger partial charge in [-0.05, 0) is 71.7 Å². The van der Waals surface area contributed by atoms with Gasteiger partial charge >= 0.3 is 0 Å². The Morgan fingerprint density at radius 2 is 1.59 bits per heavy atom. The van der Waals surface area contributed by atoms with Crippen molar-refractivity contribution < 1.29 is 13.2 Å². The number of rotatable bonds is 4. The molecule has 0 N–H and O–H groups in total. The van der Waals surface area contributed by atoms with Crippen molar-refractivity contribution in [2.24, 2.45) is 5.92 Å². The number of likely N-dealkylation sites (tertiary alicyclic amines) is 1. The number of carbonyl (C=O) groups is 1. The van der Waals surface area contributed by atoms with Gasteiger partial charge in [-0.3, -0.25) is 4.79 Å². The van der Waals surface area contributed by atoms with E-state index in [1.165, 1.54) is 0 Å². The molecular weight excluding hydrogens is 386 g/mol. The zero-order valence-corrected chi connectivity index (χ0v) is 19.3. The molecule has 7 heteroatoms. The normalized spacial score (nSPS) is 22.3. The third kappa shape index (κ3) is 4.67. The van der Waals surface area contributed by atoms with E-state index in [1.54, 1.807) is 4.31 Å². The number of sulfonamides is 1. The summed E-state index contributed by atoms with van der Waals surface area (Å²) in [6, 6.07) is 4.27. The Labute approximate surface area is 175 Å². The Balaban J connectivity index is 1.66. The highest BCUT2D eigenvalue weighted by molar-refractivity contribution is 7.89. The highest BCUT2D eigenvalue weighted by Gasteiger charge is 2.36. The minimum Gasteiger partial charge on any atom is -0.341 e. The quantitative estimate of drug-likeness (QED) is 0.750. The van der Waals surface area contributed by atoms with Crippen LogP contribution >= 0.6 is 0 Å². The Bertz CT molecular complexity index is 835. The van der Waals surface area contributed by atoms with E-state index in [2.05, 4.69) is 19.0 Å². The third-order valence-corrected chi connectivity index (χ3v) is 8.65. The van der Waals surface area contributed by atoms with E-state index in [0.29, 0.717) is 36.9 Å². The maximum absolute atomic E-state index is 13.3. The van der Waals surface area contributed by atoms with E-state index in [-0.39, 0.29) is 11.8 Å². The fraction of sp³-hybridized carbons (Fsp3) is 0.682. The number of benzene rings is 1. The molecule has 0 aromatic heterocycles. The van der Waals surface area contributed by atoms with Gasteiger partial charge in [-0.25, -0.2) is 8.42 Å². The van der Waals surface area contributed by atoms with Crippen molar-refractivity contribution in [2.75, 3.05) is 40.3 Å². The summed E-state index contributed by atoms with van der Waals surface area (Å²) in [5, 5.41) is 0. The molecule has 0 radical (unpaired) electrons. The maximum atomic E-state index is 13.3. The average Bonchev–Trinajstić information content (AvgIpc) is 2.66. The van der Waals surface area contributed by atoms with Crippen LogP contribution in [0.3, 0.4) is 0 Å². The molecule has 0 saturated carbocycles. The fourth-order valence-corrected chi connectivity index (χ4v) is 6.76. The van der Waals surface area contributed by atoms with Crippen molar-refractivity contribution in [1.29, 1.82) is 0 Å². The van der Waals surface area contributed by atoms with Crippen LogP contribution in [0.25, 0.3) is 0 Å². The fourth-order valence-electron chi connectivity index (χ4n) is 4.88. The smallest absolute Gasteiger partial charge is 0.243 e. The summed E-state index contributed by atoms with van der Waals surface area (Å²) in [4.78, 5) is 17.7. The van der Waals surface area contributed by atoms with Gasteiger partial charge in [-0.15, -0.1) is 0 Å². The molecule has 1 atom stereocenters. The summed E-state index contributed by atoms with van der Waals surface area (Å²) in [6.45, 7) is 8.14. The molecule has 29 heavy (non-hydrogen) atoms. The lowest BCUT2D eigenvalue weighted by molar-refractivity contribution is -0.138. The van der Waals surface area contributed by atoms with Crippen LogP contribution < -0.4 is 0 Å². The Morgan fingerprint density at radius 1 is 1.00 bits per heavy atom. The first-order valence-electron chi connectivity index (χ1n) is 10.6. The SMILES string of the molecule is Cc1cc(C)c(S(=O)(=O)N2CCC(C(=O)N3CCCC(N(C)C)C3)CC2)c(C)c1. The minimum atomic E-state index is -3.53. The van der Waals surface area contributed by atoms with E-state index < -0.39 is 10.0 Å². The van der Waals surface area contributed by atoms with Crippen LogP contribution in [-0.4, -0.2) is 74.7 Å². The number of piperidine rings is 2. The Hall–Kier alpha value is -1.44. The van der Waals surface area contributed by atoms with Crippen LogP contribution in [0.1, 0.15) is 42.4 Å². The molecule has 2 saturated heterocycles. The van der Waals surface area contributed by atoms with E-state index >= 15 is 0 Å². The largest absolute Gasteiger partial charge is 0.341 e. The second kappa shape index (κ2) is 8.74. The zero-order valence-electron chi connectivity index (χ0n) is 18.4. The first-order chi connectivity index (χ1) is 13.6. The van der Waals surface area contributed by atoms with Crippen molar-refractivity contribution in [2.45, 2.75) is 57.4 Å². The van der Waals surface area contributed by atoms with Crippen LogP contribution in [0, 0.1) is 26.7 Å². The molecule has 1 unspecified atom stereocenters. The molecule has 1 aromatic rings. The molecule has 0 spiro atoms. The van der Waals surface area contributed by atoms with Crippen molar-refractivity contribution >= 4 is 15.9 Å². The summed E-state index contributed by atoms with van der Waals surface area (Å²) >= 11 is 0. The van der Waals surface area contributed by atoms with E-state index in [4.69, 9.17) is 0 Å². The number of carbonyl (C=O) groups excluding carboxylic acids is 1. The maximum Gasteiger partial charge on any atom is 0.243 e. The predicted octanol–water partition coefficient (Wildman–Crippen LogP) is 2.57. The van der Waals surface area contributed by atoms with Crippen LogP contribution in [0.4, 0.5) is 0 Å². The topological polar surface area (TPSA) is 60.9 Å². The summed E-state index contributed by atoms with van der Waals surface area (Å²) in [7, 11) is 0.601. The summed E-state index contributed by atoms with van der Waals surface area (Å²) in [5.74, 6) is 0.138. The second-order valence-electron chi connectivity index (χ2n) is 8.95. The van der Waals surface area contributed by atoms with Gasteiger partial charge < -0.3 is 9.80 Å². The van der Waals surface area contributed by atoms with Crippen LogP contribution in [0.5, 0.6) is 0 Å². The lowest BCUT2D eigenvalue weighted by Gasteiger charge is -2.39.